The van der Waals surface area contributed by atoms with Gasteiger partial charge in [0.05, 0.1) is 11.6 Å². The Kier molecular flexibility index (Phi) is 3.63. The monoisotopic (exact) mass is 290 g/mol. The highest BCUT2D eigenvalue weighted by molar-refractivity contribution is 6.36. The van der Waals surface area contributed by atoms with Crippen molar-refractivity contribution in [1.82, 2.24) is 0 Å². The van der Waals surface area contributed by atoms with E-state index in [0.29, 0.717) is 6.42 Å². The van der Waals surface area contributed by atoms with Crippen LogP contribution in [0.25, 0.3) is 0 Å². The van der Waals surface area contributed by atoms with Gasteiger partial charge in [0.25, 0.3) is 0 Å². The third-order valence-corrected chi connectivity index (χ3v) is 2.89. The molecule has 0 saturated carbocycles. The zero-order valence-corrected chi connectivity index (χ0v) is 10.5. The summed E-state index contributed by atoms with van der Waals surface area (Å²) in [7, 11) is 0. The van der Waals surface area contributed by atoms with Gasteiger partial charge in [0.2, 0.25) is 0 Å². The molecule has 0 spiro atoms. The van der Waals surface area contributed by atoms with Crippen molar-refractivity contribution in [2.24, 2.45) is 0 Å². The smallest absolute Gasteiger partial charge is 0.347 e. The average molecular weight is 291 g/mol. The molecule has 1 atom stereocenters. The summed E-state index contributed by atoms with van der Waals surface area (Å²) in [5.74, 6) is -1.84. The zero-order chi connectivity index (χ0) is 13.3. The molecular formula is C11H8Cl2O5. The summed E-state index contributed by atoms with van der Waals surface area (Å²) < 4.78 is 10.0. The minimum absolute atomic E-state index is 0.0413. The Morgan fingerprint density at radius 2 is 2.17 bits per heavy atom. The Hall–Kier alpha value is -1.46. The van der Waals surface area contributed by atoms with Crippen molar-refractivity contribution >= 4 is 35.1 Å². The standard InChI is InChI=1S/C11H8Cl2O5/c12-5-3-6(10(14)15)9(7(13)4-5)18-8-1-2-17-11(8)16/h3-4,8H,1-2H2,(H,14,15). The second kappa shape index (κ2) is 5.04. The first-order valence-electron chi connectivity index (χ1n) is 5.04. The molecule has 0 aliphatic carbocycles. The molecule has 1 N–H and O–H groups in total. The van der Waals surface area contributed by atoms with Gasteiger partial charge in [-0.05, 0) is 12.1 Å². The van der Waals surface area contributed by atoms with Gasteiger partial charge in [-0.2, -0.15) is 0 Å². The molecule has 7 heteroatoms. The van der Waals surface area contributed by atoms with Crippen LogP contribution in [-0.2, 0) is 9.53 Å². The van der Waals surface area contributed by atoms with Crippen molar-refractivity contribution in [1.29, 1.82) is 0 Å². The molecule has 1 aliphatic rings. The number of benzene rings is 1. The van der Waals surface area contributed by atoms with Crippen molar-refractivity contribution in [2.75, 3.05) is 6.61 Å². The van der Waals surface area contributed by atoms with Gasteiger partial charge in [0.1, 0.15) is 5.56 Å². The number of hydrogen-bond donors (Lipinski definition) is 1. The summed E-state index contributed by atoms with van der Waals surface area (Å²) in [6, 6.07) is 2.57. The maximum atomic E-state index is 11.3. The lowest BCUT2D eigenvalue weighted by Crippen LogP contribution is -2.23. The third kappa shape index (κ3) is 2.52. The predicted molar refractivity (Wildman–Crippen MR) is 63.4 cm³/mol. The molecule has 0 aromatic heterocycles. The summed E-state index contributed by atoms with van der Waals surface area (Å²) in [4.78, 5) is 22.3. The fourth-order valence-electron chi connectivity index (χ4n) is 1.57. The molecule has 1 saturated heterocycles. The fraction of sp³-hybridized carbons (Fsp3) is 0.273. The van der Waals surface area contributed by atoms with E-state index in [0.717, 1.165) is 0 Å². The lowest BCUT2D eigenvalue weighted by Gasteiger charge is -2.14. The SMILES string of the molecule is O=C(O)c1cc(Cl)cc(Cl)c1OC1CCOC1=O. The molecule has 96 valence electrons. The van der Waals surface area contributed by atoms with E-state index >= 15 is 0 Å². The van der Waals surface area contributed by atoms with Crippen LogP contribution in [0.4, 0.5) is 0 Å². The summed E-state index contributed by atoms with van der Waals surface area (Å²) >= 11 is 11.6. The van der Waals surface area contributed by atoms with Crippen LogP contribution in [-0.4, -0.2) is 29.8 Å². The maximum Gasteiger partial charge on any atom is 0.347 e. The first kappa shape index (κ1) is 13.0. The van der Waals surface area contributed by atoms with Crippen LogP contribution < -0.4 is 4.74 Å². The number of halogens is 2. The highest BCUT2D eigenvalue weighted by Crippen LogP contribution is 2.34. The fourth-order valence-corrected chi connectivity index (χ4v) is 2.10. The zero-order valence-electron chi connectivity index (χ0n) is 8.98. The number of carboxylic acid groups (broad SMARTS) is 1. The van der Waals surface area contributed by atoms with Gasteiger partial charge >= 0.3 is 11.9 Å². The Balaban J connectivity index is 2.36. The van der Waals surface area contributed by atoms with Gasteiger partial charge in [-0.3, -0.25) is 0 Å². The number of ether oxygens (including phenoxy) is 2. The normalized spacial score (nSPS) is 18.6. The predicted octanol–water partition coefficient (Wildman–Crippen LogP) is 2.39. The molecule has 0 amide bonds. The summed E-state index contributed by atoms with van der Waals surface area (Å²) in [5, 5.41) is 9.26. The van der Waals surface area contributed by atoms with E-state index in [2.05, 4.69) is 0 Å². The molecule has 2 rings (SSSR count). The summed E-state index contributed by atoms with van der Waals surface area (Å²) in [6.07, 6.45) is -0.474. The first-order chi connectivity index (χ1) is 8.49. The number of carbonyl (C=O) groups excluding carboxylic acids is 1. The average Bonchev–Trinajstić information content (AvgIpc) is 2.67. The van der Waals surface area contributed by atoms with E-state index < -0.39 is 18.0 Å². The van der Waals surface area contributed by atoms with E-state index in [4.69, 9.17) is 37.8 Å². The van der Waals surface area contributed by atoms with Gasteiger partial charge in [0, 0.05) is 11.4 Å². The number of carboxylic acids is 1. The van der Waals surface area contributed by atoms with Crippen molar-refractivity contribution in [3.8, 4) is 5.75 Å². The highest BCUT2D eigenvalue weighted by atomic mass is 35.5. The lowest BCUT2D eigenvalue weighted by atomic mass is 10.2. The number of esters is 1. The number of hydrogen-bond acceptors (Lipinski definition) is 4. The Labute approximate surface area is 112 Å². The van der Waals surface area contributed by atoms with Crippen LogP contribution in [0.3, 0.4) is 0 Å². The minimum Gasteiger partial charge on any atom is -0.478 e. The molecule has 0 radical (unpaired) electrons. The molecular weight excluding hydrogens is 283 g/mol. The summed E-state index contributed by atoms with van der Waals surface area (Å²) in [6.45, 7) is 0.247. The van der Waals surface area contributed by atoms with Crippen molar-refractivity contribution in [2.45, 2.75) is 12.5 Å². The number of cyclic esters (lactones) is 1. The minimum atomic E-state index is -1.24. The van der Waals surface area contributed by atoms with E-state index in [1.54, 1.807) is 0 Å². The van der Waals surface area contributed by atoms with Gasteiger partial charge in [0.15, 0.2) is 11.9 Å². The molecule has 5 nitrogen and oxygen atoms in total. The molecule has 1 aromatic carbocycles. The van der Waals surface area contributed by atoms with Crippen LogP contribution in [0, 0.1) is 0 Å². The second-order valence-electron chi connectivity index (χ2n) is 3.63. The van der Waals surface area contributed by atoms with Crippen molar-refractivity contribution in [3.05, 3.63) is 27.7 Å². The van der Waals surface area contributed by atoms with E-state index in [9.17, 15) is 9.59 Å². The van der Waals surface area contributed by atoms with E-state index in [1.807, 2.05) is 0 Å². The number of carbonyl (C=O) groups is 2. The Morgan fingerprint density at radius 3 is 2.72 bits per heavy atom. The molecule has 1 heterocycles. The van der Waals surface area contributed by atoms with Gasteiger partial charge in [-0.1, -0.05) is 23.2 Å². The van der Waals surface area contributed by atoms with Crippen molar-refractivity contribution in [3.63, 3.8) is 0 Å². The Morgan fingerprint density at radius 1 is 1.44 bits per heavy atom. The van der Waals surface area contributed by atoms with E-state index in [1.165, 1.54) is 12.1 Å². The van der Waals surface area contributed by atoms with Crippen LogP contribution in [0.15, 0.2) is 12.1 Å². The first-order valence-corrected chi connectivity index (χ1v) is 5.80. The second-order valence-corrected chi connectivity index (χ2v) is 4.48. The number of aromatic carboxylic acids is 1. The lowest BCUT2D eigenvalue weighted by molar-refractivity contribution is -0.143. The highest BCUT2D eigenvalue weighted by Gasteiger charge is 2.30. The molecule has 1 unspecified atom stereocenters. The molecule has 1 aliphatic heterocycles. The number of rotatable bonds is 3. The van der Waals surface area contributed by atoms with Gasteiger partial charge in [-0.15, -0.1) is 0 Å². The van der Waals surface area contributed by atoms with E-state index in [-0.39, 0.29) is 28.0 Å². The molecule has 1 aromatic rings. The maximum absolute atomic E-state index is 11.3. The molecule has 18 heavy (non-hydrogen) atoms. The van der Waals surface area contributed by atoms with Gasteiger partial charge in [-0.25, -0.2) is 9.59 Å². The molecule has 1 fully saturated rings. The van der Waals surface area contributed by atoms with Crippen LogP contribution >= 0.6 is 23.2 Å². The molecule has 0 bridgehead atoms. The third-order valence-electron chi connectivity index (χ3n) is 2.39. The van der Waals surface area contributed by atoms with Gasteiger partial charge < -0.3 is 14.6 Å². The van der Waals surface area contributed by atoms with Crippen molar-refractivity contribution < 1.29 is 24.2 Å². The Bertz CT molecular complexity index is 514. The topological polar surface area (TPSA) is 72.8 Å². The largest absolute Gasteiger partial charge is 0.478 e. The van der Waals surface area contributed by atoms with Crippen LogP contribution in [0.2, 0.25) is 10.0 Å². The van der Waals surface area contributed by atoms with Crippen LogP contribution in [0.1, 0.15) is 16.8 Å². The van der Waals surface area contributed by atoms with Crippen LogP contribution in [0.5, 0.6) is 5.75 Å². The summed E-state index contributed by atoms with van der Waals surface area (Å²) in [5.41, 5.74) is -0.188. The quantitative estimate of drug-likeness (QED) is 0.866.